The smallest absolute Gasteiger partial charge is 0.0965 e. The molecule has 0 N–H and O–H groups in total. The van der Waals surface area contributed by atoms with Crippen LogP contribution in [0.5, 0.6) is 0 Å². The lowest BCUT2D eigenvalue weighted by Crippen LogP contribution is -2.14. The van der Waals surface area contributed by atoms with Gasteiger partial charge in [-0.05, 0) is 75.8 Å². The minimum absolute atomic E-state index is 0.0984. The van der Waals surface area contributed by atoms with Crippen molar-refractivity contribution in [3.63, 3.8) is 0 Å². The van der Waals surface area contributed by atoms with Gasteiger partial charge in [-0.3, -0.25) is 19.9 Å². The lowest BCUT2D eigenvalue weighted by molar-refractivity contribution is 0.660. The van der Waals surface area contributed by atoms with Gasteiger partial charge >= 0.3 is 0 Å². The van der Waals surface area contributed by atoms with Crippen LogP contribution in [0.25, 0.3) is 88.4 Å². The Morgan fingerprint density at radius 3 is 1.59 bits per heavy atom. The predicted molar refractivity (Wildman–Crippen MR) is 199 cm³/mol. The first-order valence-corrected chi connectivity index (χ1v) is 16.6. The van der Waals surface area contributed by atoms with E-state index in [1.54, 1.807) is 0 Å². The van der Waals surface area contributed by atoms with E-state index in [1.165, 1.54) is 22.3 Å². The van der Waals surface area contributed by atoms with Crippen molar-refractivity contribution < 1.29 is 0 Å². The molecule has 5 nitrogen and oxygen atoms in total. The Morgan fingerprint density at radius 2 is 0.959 bits per heavy atom. The Bertz CT molecular complexity index is 2680. The highest BCUT2D eigenvalue weighted by Gasteiger charge is 2.35. The van der Waals surface area contributed by atoms with Crippen molar-refractivity contribution >= 4 is 43.6 Å². The molecule has 0 atom stereocenters. The molecule has 1 aliphatic carbocycles. The van der Waals surface area contributed by atoms with Gasteiger partial charge in [-0.2, -0.15) is 0 Å². The van der Waals surface area contributed by atoms with E-state index in [-0.39, 0.29) is 5.41 Å². The summed E-state index contributed by atoms with van der Waals surface area (Å²) in [5.74, 6) is 0. The van der Waals surface area contributed by atoms with Gasteiger partial charge in [-0.1, -0.05) is 86.6 Å². The number of aromatic nitrogens is 5. The molecule has 0 unspecified atom stereocenters. The van der Waals surface area contributed by atoms with Crippen molar-refractivity contribution in [2.75, 3.05) is 0 Å². The molecule has 5 heteroatoms. The fourth-order valence-electron chi connectivity index (χ4n) is 7.63. The largest absolute Gasteiger partial charge is 0.254 e. The Morgan fingerprint density at radius 1 is 0.408 bits per heavy atom. The zero-order valence-corrected chi connectivity index (χ0v) is 27.0. The van der Waals surface area contributed by atoms with Crippen LogP contribution in [0.2, 0.25) is 0 Å². The molecule has 49 heavy (non-hydrogen) atoms. The van der Waals surface area contributed by atoms with Crippen LogP contribution < -0.4 is 0 Å². The van der Waals surface area contributed by atoms with Crippen LogP contribution >= 0.6 is 0 Å². The molecular weight excluding hydrogens is 599 g/mol. The van der Waals surface area contributed by atoms with E-state index in [4.69, 9.17) is 15.0 Å². The van der Waals surface area contributed by atoms with E-state index in [0.29, 0.717) is 0 Å². The predicted octanol–water partition coefficient (Wildman–Crippen LogP) is 10.6. The maximum atomic E-state index is 5.26. The second kappa shape index (κ2) is 10.3. The summed E-state index contributed by atoms with van der Waals surface area (Å²) in [4.78, 5) is 24.4. The quantitative estimate of drug-likeness (QED) is 0.182. The fourth-order valence-corrected chi connectivity index (χ4v) is 7.63. The molecule has 0 spiro atoms. The lowest BCUT2D eigenvalue weighted by Gasteiger charge is -2.22. The maximum Gasteiger partial charge on any atom is 0.0965 e. The number of benzene rings is 4. The first-order valence-electron chi connectivity index (χ1n) is 16.6. The molecule has 1 aliphatic rings. The van der Waals surface area contributed by atoms with Gasteiger partial charge in [0.25, 0.3) is 0 Å². The summed E-state index contributed by atoms with van der Waals surface area (Å²) in [5.41, 5.74) is 14.7. The van der Waals surface area contributed by atoms with Crippen LogP contribution in [-0.4, -0.2) is 24.9 Å². The summed E-state index contributed by atoms with van der Waals surface area (Å²) in [6, 6.07) is 40.9. The second-order valence-electron chi connectivity index (χ2n) is 13.4. The number of fused-ring (bicyclic) bond motifs is 9. The maximum absolute atomic E-state index is 5.26. The van der Waals surface area contributed by atoms with Crippen LogP contribution in [0.15, 0.2) is 140 Å². The molecule has 0 radical (unpaired) electrons. The molecule has 0 amide bonds. The number of hydrogen-bond acceptors (Lipinski definition) is 5. The van der Waals surface area contributed by atoms with Crippen LogP contribution in [0.1, 0.15) is 25.0 Å². The normalized spacial score (nSPS) is 13.3. The zero-order chi connectivity index (χ0) is 32.7. The van der Waals surface area contributed by atoms with Crippen molar-refractivity contribution in [3.8, 4) is 44.8 Å². The standard InChI is InChI=1S/C44H29N5/c1-44(2)36-10-4-3-9-34(36)35-16-15-28(21-37(35)44)31-22-38(32-19-29-13-11-26-7-5-17-45-40(26)42(29)47-24-32)49-39(23-31)33-20-30-14-12-27-8-6-18-46-41(27)43(30)48-25-33/h3-25H,1-2H3. The lowest BCUT2D eigenvalue weighted by atomic mass is 9.81. The third kappa shape index (κ3) is 4.29. The molecule has 10 rings (SSSR count). The molecule has 0 fully saturated rings. The Hall–Kier alpha value is -6.33. The number of nitrogens with zero attached hydrogens (tertiary/aromatic N) is 5. The average Bonchev–Trinajstić information content (AvgIpc) is 3.39. The van der Waals surface area contributed by atoms with Crippen LogP contribution in [-0.2, 0) is 5.41 Å². The summed E-state index contributed by atoms with van der Waals surface area (Å²) in [5, 5.41) is 4.21. The molecule has 4 aromatic carbocycles. The van der Waals surface area contributed by atoms with Gasteiger partial charge in [-0.25, -0.2) is 4.98 Å². The third-order valence-electron chi connectivity index (χ3n) is 10.2. The van der Waals surface area contributed by atoms with Crippen LogP contribution in [0.3, 0.4) is 0 Å². The van der Waals surface area contributed by atoms with Crippen molar-refractivity contribution in [1.82, 2.24) is 24.9 Å². The van der Waals surface area contributed by atoms with Crippen molar-refractivity contribution in [2.24, 2.45) is 0 Å². The zero-order valence-electron chi connectivity index (χ0n) is 27.0. The van der Waals surface area contributed by atoms with Crippen molar-refractivity contribution in [3.05, 3.63) is 151 Å². The highest BCUT2D eigenvalue weighted by molar-refractivity contribution is 6.04. The van der Waals surface area contributed by atoms with Gasteiger partial charge in [0, 0.05) is 62.9 Å². The highest BCUT2D eigenvalue weighted by Crippen LogP contribution is 2.49. The Balaban J connectivity index is 1.17. The topological polar surface area (TPSA) is 64.5 Å². The molecule has 9 aromatic rings. The van der Waals surface area contributed by atoms with Gasteiger partial charge in [-0.15, -0.1) is 0 Å². The van der Waals surface area contributed by atoms with E-state index in [1.807, 2.05) is 36.9 Å². The Labute approximate surface area is 283 Å². The van der Waals surface area contributed by atoms with Crippen LogP contribution in [0, 0.1) is 0 Å². The van der Waals surface area contributed by atoms with E-state index in [9.17, 15) is 0 Å². The number of hydrogen-bond donors (Lipinski definition) is 0. The first-order chi connectivity index (χ1) is 24.0. The summed E-state index contributed by atoms with van der Waals surface area (Å²) in [6.45, 7) is 4.65. The average molecular weight is 628 g/mol. The van der Waals surface area contributed by atoms with Crippen molar-refractivity contribution in [1.29, 1.82) is 0 Å². The molecule has 0 aliphatic heterocycles. The van der Waals surface area contributed by atoms with Gasteiger partial charge in [0.15, 0.2) is 0 Å². The second-order valence-corrected chi connectivity index (χ2v) is 13.4. The van der Waals surface area contributed by atoms with Gasteiger partial charge in [0.05, 0.1) is 33.5 Å². The molecule has 5 aromatic heterocycles. The molecule has 230 valence electrons. The highest BCUT2D eigenvalue weighted by atomic mass is 14.8. The SMILES string of the molecule is CC1(C)c2ccccc2-c2ccc(-c3cc(-c4cnc5c(ccc6cccnc65)c4)nc(-c4cnc5c(ccc6cccnc65)c4)c3)cc21. The minimum Gasteiger partial charge on any atom is -0.254 e. The first kappa shape index (κ1) is 27.8. The molecule has 0 bridgehead atoms. The Kier molecular flexibility index (Phi) is 5.85. The van der Waals surface area contributed by atoms with Gasteiger partial charge < -0.3 is 0 Å². The minimum atomic E-state index is -0.0984. The van der Waals surface area contributed by atoms with E-state index in [2.05, 4.69) is 127 Å². The van der Waals surface area contributed by atoms with Crippen molar-refractivity contribution in [2.45, 2.75) is 19.3 Å². The molecule has 0 saturated heterocycles. The van der Waals surface area contributed by atoms with Gasteiger partial charge in [0.1, 0.15) is 0 Å². The molecule has 0 saturated carbocycles. The number of pyridine rings is 5. The monoisotopic (exact) mass is 627 g/mol. The van der Waals surface area contributed by atoms with Crippen LogP contribution in [0.4, 0.5) is 0 Å². The summed E-state index contributed by atoms with van der Waals surface area (Å²) >= 11 is 0. The molecular formula is C44H29N5. The third-order valence-corrected chi connectivity index (χ3v) is 10.2. The summed E-state index contributed by atoms with van der Waals surface area (Å²) in [6.07, 6.45) is 7.49. The van der Waals surface area contributed by atoms with E-state index >= 15 is 0 Å². The molecule has 5 heterocycles. The van der Waals surface area contributed by atoms with E-state index in [0.717, 1.165) is 77.3 Å². The summed E-state index contributed by atoms with van der Waals surface area (Å²) < 4.78 is 0. The fraction of sp³-hybridized carbons (Fsp3) is 0.0682. The summed E-state index contributed by atoms with van der Waals surface area (Å²) in [7, 11) is 0. The van der Waals surface area contributed by atoms with Gasteiger partial charge in [0.2, 0.25) is 0 Å². The van der Waals surface area contributed by atoms with E-state index < -0.39 is 0 Å². The number of rotatable bonds is 3.